The van der Waals surface area contributed by atoms with E-state index in [4.69, 9.17) is 9.18 Å². The maximum atomic E-state index is 15.7. The molecule has 7 nitrogen and oxygen atoms in total. The van der Waals surface area contributed by atoms with Gasteiger partial charge in [0.2, 0.25) is 0 Å². The molecule has 12 heteroatoms. The van der Waals surface area contributed by atoms with Crippen molar-refractivity contribution in [2.45, 2.75) is 52.2 Å². The van der Waals surface area contributed by atoms with Gasteiger partial charge in [-0.25, -0.2) is 0 Å². The van der Waals surface area contributed by atoms with Gasteiger partial charge in [0, 0.05) is 37.7 Å². The number of thiol groups is 1. The van der Waals surface area contributed by atoms with Gasteiger partial charge in [0.25, 0.3) is 0 Å². The number of halogens is 1. The third kappa shape index (κ3) is 5.05. The summed E-state index contributed by atoms with van der Waals surface area (Å²) in [6.07, 6.45) is 1.11. The average molecular weight is 737 g/mol. The first kappa shape index (κ1) is 28.1. The molecule has 1 N–H and O–H groups in total. The minimum absolute atomic E-state index is 0. The van der Waals surface area contributed by atoms with E-state index in [1.165, 1.54) is 0 Å². The van der Waals surface area contributed by atoms with E-state index in [2.05, 4.69) is 41.3 Å². The summed E-state index contributed by atoms with van der Waals surface area (Å²) in [6, 6.07) is 5.10. The second kappa shape index (κ2) is 11.1. The van der Waals surface area contributed by atoms with Crippen LogP contribution in [0.3, 0.4) is 0 Å². The fourth-order valence-electron chi connectivity index (χ4n) is 4.83. The molecule has 0 spiro atoms. The maximum absolute atomic E-state index is 15.7. The minimum atomic E-state index is -0.863. The van der Waals surface area contributed by atoms with Gasteiger partial charge < -0.3 is 0 Å². The fourth-order valence-corrected chi connectivity index (χ4v) is 6.52. The molecule has 3 aromatic rings. The monoisotopic (exact) mass is 737 g/mol. The molecular formula is C24H28FN5O2PS2Tl-. The Morgan fingerprint density at radius 2 is 1.97 bits per heavy atom. The van der Waals surface area contributed by atoms with E-state index >= 15 is 4.39 Å². The smallest absolute Gasteiger partial charge is 0.162 e. The molecule has 1 aromatic carbocycles. The van der Waals surface area contributed by atoms with Crippen molar-refractivity contribution in [3.05, 3.63) is 57.2 Å². The number of rotatable bonds is 4. The molecule has 0 aliphatic carbocycles. The second-order valence-corrected chi connectivity index (χ2v) is 11.4. The quantitative estimate of drug-likeness (QED) is 0.187. The first-order valence-electron chi connectivity index (χ1n) is 11.6. The molecule has 5 rings (SSSR count). The van der Waals surface area contributed by atoms with E-state index in [-0.39, 0.29) is 45.8 Å². The number of piperidine rings is 1. The molecule has 2 aromatic heterocycles. The summed E-state index contributed by atoms with van der Waals surface area (Å²) >= 11 is 2.17. The molecule has 1 atom stereocenters. The number of aromatic nitrogens is 3. The van der Waals surface area contributed by atoms with Gasteiger partial charge >= 0.3 is 117 Å². The topological polar surface area (TPSA) is 75.8 Å². The number of hydrogen-bond acceptors (Lipinski definition) is 8. The predicted molar refractivity (Wildman–Crippen MR) is 148 cm³/mol. The summed E-state index contributed by atoms with van der Waals surface area (Å²) in [7, 11) is 4.02. The van der Waals surface area contributed by atoms with Crippen LogP contribution >= 0.6 is 19.2 Å². The number of aliphatic hydroxyl groups is 1. The Bertz CT molecular complexity index is 1380. The third-order valence-electron chi connectivity index (χ3n) is 7.01. The van der Waals surface area contributed by atoms with E-state index in [1.54, 1.807) is 17.4 Å². The summed E-state index contributed by atoms with van der Waals surface area (Å²) in [4.78, 5) is 8.23. The molecule has 2 aliphatic heterocycles. The normalized spacial score (nSPS) is 18.6. The molecule has 0 unspecified atom stereocenters. The number of aryl methyl sites for hydroxylation is 2. The SMILES string of the molecule is Cc1sc2c(c1C)C(c1ccc(N3CCC(O)(CO[SH-]#P)CC3)cc1F)=N[C@@H](C)c1nnc(C)n1-2.[Tl]. The van der Waals surface area contributed by atoms with Gasteiger partial charge in [-0.15, -0.1) is 21.5 Å². The molecule has 0 bridgehead atoms. The van der Waals surface area contributed by atoms with Gasteiger partial charge in [0.15, 0.2) is 5.82 Å². The van der Waals surface area contributed by atoms with Crippen molar-refractivity contribution < 1.29 is 13.7 Å². The molecule has 4 heterocycles. The van der Waals surface area contributed by atoms with Gasteiger partial charge in [-0.1, -0.05) is 0 Å². The van der Waals surface area contributed by atoms with Crippen LogP contribution in [-0.4, -0.2) is 78.2 Å². The van der Waals surface area contributed by atoms with Crippen LogP contribution < -0.4 is 4.90 Å². The zero-order valence-electron chi connectivity index (χ0n) is 20.7. The van der Waals surface area contributed by atoms with E-state index in [1.807, 2.05) is 26.0 Å². The fraction of sp³-hybridized carbons (Fsp3) is 0.458. The Kier molecular flexibility index (Phi) is 8.63. The first-order chi connectivity index (χ1) is 16.7. The number of aliphatic imine (C=N–C) groups is 1. The van der Waals surface area contributed by atoms with Gasteiger partial charge in [0.05, 0.1) is 0 Å². The van der Waals surface area contributed by atoms with Crippen LogP contribution in [0, 0.1) is 26.6 Å². The molecular weight excluding hydrogens is 709 g/mol. The predicted octanol–water partition coefficient (Wildman–Crippen LogP) is 4.33. The molecule has 1 radical (unpaired) electrons. The van der Waals surface area contributed by atoms with Crippen LogP contribution in [0.5, 0.6) is 0 Å². The van der Waals surface area contributed by atoms with Crippen molar-refractivity contribution >= 4 is 68.9 Å². The molecule has 0 amide bonds. The van der Waals surface area contributed by atoms with Crippen molar-refractivity contribution in [3.63, 3.8) is 0 Å². The number of fused-ring (bicyclic) bond motifs is 3. The van der Waals surface area contributed by atoms with Crippen molar-refractivity contribution in [1.82, 2.24) is 14.8 Å². The van der Waals surface area contributed by atoms with Crippen molar-refractivity contribution in [1.29, 1.82) is 0 Å². The van der Waals surface area contributed by atoms with Gasteiger partial charge in [-0.05, 0) is 33.3 Å². The molecule has 0 saturated carbocycles. The van der Waals surface area contributed by atoms with E-state index in [0.717, 1.165) is 38.3 Å². The van der Waals surface area contributed by atoms with Crippen LogP contribution in [0.2, 0.25) is 0 Å². The number of thiophene rings is 1. The Labute approximate surface area is 240 Å². The zero-order valence-corrected chi connectivity index (χ0v) is 27.8. The number of hydrogen-bond donors (Lipinski definition) is 1. The molecule has 1 saturated heterocycles. The number of nitrogens with zero attached hydrogens (tertiary/aromatic N) is 5. The van der Waals surface area contributed by atoms with Crippen LogP contribution in [0.1, 0.15) is 59.0 Å². The second-order valence-electron chi connectivity index (χ2n) is 9.29. The van der Waals surface area contributed by atoms with Gasteiger partial charge in [0.1, 0.15) is 16.9 Å². The molecule has 2 aliphatic rings. The summed E-state index contributed by atoms with van der Waals surface area (Å²) in [5.41, 5.74) is 3.11. The Hall–Kier alpha value is -0.918. The molecule has 189 valence electrons. The molecule has 1 fully saturated rings. The Morgan fingerprint density at radius 3 is 2.64 bits per heavy atom. The Morgan fingerprint density at radius 1 is 1.25 bits per heavy atom. The standard InChI is InChI=1S/C24H28FN5O2PS2.Tl/c1-13-15(3)34-23-20(13)21(26-14(2)22-28-27-16(4)30(22)23)18-6-5-17(11-19(18)25)29-9-7-24(31,8-10-29)12-32-35-33;/h5-6,11,14,31,35H,7-10,12H2,1-4H3;/q-1;/t14-;/m0./s1. The third-order valence-corrected chi connectivity index (χ3v) is 8.79. The van der Waals surface area contributed by atoms with Crippen LogP contribution in [0.15, 0.2) is 23.2 Å². The van der Waals surface area contributed by atoms with Crippen molar-refractivity contribution in [2.24, 2.45) is 4.99 Å². The molecule has 36 heavy (non-hydrogen) atoms. The van der Waals surface area contributed by atoms with Crippen LogP contribution in [0.4, 0.5) is 10.1 Å². The summed E-state index contributed by atoms with van der Waals surface area (Å²) in [5, 5.41) is 20.3. The van der Waals surface area contributed by atoms with Gasteiger partial charge in [-0.2, -0.15) is 0 Å². The largest absolute Gasteiger partial charge is 0.273 e. The Balaban J connectivity index is 0.00000304. The minimum Gasteiger partial charge on any atom is -0.273 e. The maximum Gasteiger partial charge on any atom is 0.162 e. The number of anilines is 1. The van der Waals surface area contributed by atoms with Crippen molar-refractivity contribution in [2.75, 3.05) is 24.6 Å². The number of benzene rings is 1. The van der Waals surface area contributed by atoms with E-state index < -0.39 is 5.60 Å². The first-order valence-corrected chi connectivity index (χ1v) is 14.3. The van der Waals surface area contributed by atoms with E-state index in [9.17, 15) is 5.11 Å². The summed E-state index contributed by atoms with van der Waals surface area (Å²) in [6.45, 7) is 9.55. The average Bonchev–Trinajstić information content (AvgIpc) is 3.32. The van der Waals surface area contributed by atoms with Crippen molar-refractivity contribution in [3.8, 4) is 5.00 Å². The van der Waals surface area contributed by atoms with Crippen LogP contribution in [0.25, 0.3) is 5.00 Å². The van der Waals surface area contributed by atoms with E-state index in [0.29, 0.717) is 48.2 Å². The summed E-state index contributed by atoms with van der Waals surface area (Å²) in [5.74, 6) is 1.25. The van der Waals surface area contributed by atoms with Gasteiger partial charge in [-0.3, -0.25) is 9.56 Å². The zero-order chi connectivity index (χ0) is 24.9. The van der Waals surface area contributed by atoms with Crippen LogP contribution in [-0.2, 0) is 15.2 Å². The summed E-state index contributed by atoms with van der Waals surface area (Å²) < 4.78 is 23.1.